The number of ether oxygens (including phenoxy) is 1. The molecule has 1 N–H and O–H groups in total. The minimum absolute atomic E-state index is 0.311. The highest BCUT2D eigenvalue weighted by Crippen LogP contribution is 2.55. The van der Waals surface area contributed by atoms with Gasteiger partial charge in [0.25, 0.3) is 0 Å². The van der Waals surface area contributed by atoms with E-state index in [1.807, 2.05) is 11.8 Å². The van der Waals surface area contributed by atoms with Gasteiger partial charge in [-0.05, 0) is 39.0 Å². The molecule has 2 aliphatic carbocycles. The van der Waals surface area contributed by atoms with Gasteiger partial charge in [0.1, 0.15) is 0 Å². The van der Waals surface area contributed by atoms with Gasteiger partial charge in [-0.3, -0.25) is 4.79 Å². The van der Waals surface area contributed by atoms with Crippen LogP contribution in [-0.2, 0) is 9.53 Å². The van der Waals surface area contributed by atoms with Crippen LogP contribution in [-0.4, -0.2) is 48.7 Å². The molecule has 1 amide bonds. The van der Waals surface area contributed by atoms with Crippen molar-refractivity contribution in [2.45, 2.75) is 83.4 Å². The van der Waals surface area contributed by atoms with Crippen LogP contribution in [0.2, 0.25) is 0 Å². The Morgan fingerprint density at radius 3 is 2.50 bits per heavy atom. The molecule has 0 radical (unpaired) electrons. The Hall–Kier alpha value is -0.610. The normalized spacial score (nSPS) is 31.5. The van der Waals surface area contributed by atoms with Gasteiger partial charge in [0, 0.05) is 43.6 Å². The Morgan fingerprint density at radius 1 is 1.23 bits per heavy atom. The van der Waals surface area contributed by atoms with Crippen LogP contribution in [0.15, 0.2) is 0 Å². The predicted octanol–water partition coefficient (Wildman–Crippen LogP) is 2.71. The molecule has 0 unspecified atom stereocenters. The maximum absolute atomic E-state index is 11.8. The molecule has 2 saturated carbocycles. The summed E-state index contributed by atoms with van der Waals surface area (Å²) in [6.07, 6.45) is 9.93. The number of rotatable bonds is 5. The second kappa shape index (κ2) is 6.88. The molecule has 0 aromatic carbocycles. The maximum Gasteiger partial charge on any atom is 0.222 e. The molecule has 4 heteroatoms. The van der Waals surface area contributed by atoms with Crippen LogP contribution in [0.3, 0.4) is 0 Å². The molecular weight excluding hydrogens is 276 g/mol. The van der Waals surface area contributed by atoms with E-state index >= 15 is 0 Å². The third-order valence-electron chi connectivity index (χ3n) is 6.27. The van der Waals surface area contributed by atoms with Crippen LogP contribution in [0.5, 0.6) is 0 Å². The Kier molecular flexibility index (Phi) is 5.08. The molecule has 2 atom stereocenters. The van der Waals surface area contributed by atoms with Crippen LogP contribution in [0, 0.1) is 5.41 Å². The van der Waals surface area contributed by atoms with Gasteiger partial charge < -0.3 is 15.0 Å². The highest BCUT2D eigenvalue weighted by Gasteiger charge is 2.56. The molecule has 1 aliphatic heterocycles. The first-order valence-corrected chi connectivity index (χ1v) is 9.35. The fourth-order valence-corrected chi connectivity index (χ4v) is 4.92. The number of piperidine rings is 1. The first-order chi connectivity index (χ1) is 10.7. The topological polar surface area (TPSA) is 41.6 Å². The van der Waals surface area contributed by atoms with Gasteiger partial charge in [-0.25, -0.2) is 0 Å². The summed E-state index contributed by atoms with van der Waals surface area (Å²) in [6.45, 7) is 6.77. The van der Waals surface area contributed by atoms with Crippen LogP contribution < -0.4 is 5.32 Å². The van der Waals surface area contributed by atoms with Gasteiger partial charge in [0.05, 0.1) is 6.10 Å². The highest BCUT2D eigenvalue weighted by molar-refractivity contribution is 5.75. The van der Waals surface area contributed by atoms with Crippen molar-refractivity contribution in [2.75, 3.05) is 19.7 Å². The summed E-state index contributed by atoms with van der Waals surface area (Å²) in [7, 11) is 0. The minimum Gasteiger partial charge on any atom is -0.378 e. The van der Waals surface area contributed by atoms with Crippen LogP contribution >= 0.6 is 0 Å². The average Bonchev–Trinajstić information content (AvgIpc) is 3.06. The molecule has 22 heavy (non-hydrogen) atoms. The summed E-state index contributed by atoms with van der Waals surface area (Å²) in [5.41, 5.74) is 0.423. The smallest absolute Gasteiger partial charge is 0.222 e. The number of hydrogen-bond donors (Lipinski definition) is 1. The van der Waals surface area contributed by atoms with Crippen molar-refractivity contribution in [2.24, 2.45) is 5.41 Å². The fourth-order valence-electron chi connectivity index (χ4n) is 4.92. The van der Waals surface area contributed by atoms with Crippen LogP contribution in [0.25, 0.3) is 0 Å². The lowest BCUT2D eigenvalue weighted by Gasteiger charge is -2.55. The van der Waals surface area contributed by atoms with E-state index < -0.39 is 0 Å². The molecule has 0 bridgehead atoms. The number of nitrogens with one attached hydrogen (secondary N) is 1. The van der Waals surface area contributed by atoms with E-state index in [1.165, 1.54) is 32.1 Å². The highest BCUT2D eigenvalue weighted by atomic mass is 16.5. The van der Waals surface area contributed by atoms with Crippen molar-refractivity contribution in [3.05, 3.63) is 0 Å². The van der Waals surface area contributed by atoms with Gasteiger partial charge in [-0.2, -0.15) is 0 Å². The van der Waals surface area contributed by atoms with E-state index in [0.29, 0.717) is 35.9 Å². The lowest BCUT2D eigenvalue weighted by Crippen LogP contribution is -2.65. The standard InChI is InChI=1S/C18H32N2O2/c1-3-17(21)20-11-7-14(8-12-20)19-15-13-16(22-4-2)18(15)9-5-6-10-18/h14-16,19H,3-13H2,1-2H3/t15-,16-/m0/s1. The lowest BCUT2D eigenvalue weighted by molar-refractivity contribution is -0.136. The zero-order chi connectivity index (χ0) is 15.6. The quantitative estimate of drug-likeness (QED) is 0.849. The summed E-state index contributed by atoms with van der Waals surface area (Å²) in [5, 5.41) is 3.94. The zero-order valence-corrected chi connectivity index (χ0v) is 14.3. The Labute approximate surface area is 135 Å². The number of amides is 1. The molecule has 3 fully saturated rings. The van der Waals surface area contributed by atoms with Gasteiger partial charge in [0.2, 0.25) is 5.91 Å². The third-order valence-corrected chi connectivity index (χ3v) is 6.27. The SMILES string of the molecule is CCO[C@H]1C[C@H](NC2CCN(C(=O)CC)CC2)C12CCCC2. The number of carbonyl (C=O) groups excluding carboxylic acids is 1. The van der Waals surface area contributed by atoms with Crippen LogP contribution in [0.1, 0.15) is 65.2 Å². The molecule has 1 heterocycles. The number of hydrogen-bond acceptors (Lipinski definition) is 3. The van der Waals surface area contributed by atoms with Gasteiger partial charge in [-0.1, -0.05) is 19.8 Å². The molecule has 3 rings (SSSR count). The van der Waals surface area contributed by atoms with E-state index in [2.05, 4.69) is 12.2 Å². The lowest BCUT2D eigenvalue weighted by atomic mass is 9.60. The minimum atomic E-state index is 0.311. The van der Waals surface area contributed by atoms with Crippen molar-refractivity contribution in [1.82, 2.24) is 10.2 Å². The Morgan fingerprint density at radius 2 is 1.91 bits per heavy atom. The molecule has 0 aromatic rings. The summed E-state index contributed by atoms with van der Waals surface area (Å²) in [6, 6.07) is 1.23. The largest absolute Gasteiger partial charge is 0.378 e. The summed E-state index contributed by atoms with van der Waals surface area (Å²) >= 11 is 0. The fraction of sp³-hybridized carbons (Fsp3) is 0.944. The van der Waals surface area contributed by atoms with E-state index in [9.17, 15) is 4.79 Å². The summed E-state index contributed by atoms with van der Waals surface area (Å²) < 4.78 is 6.01. The zero-order valence-electron chi connectivity index (χ0n) is 14.3. The molecule has 1 saturated heterocycles. The van der Waals surface area contributed by atoms with E-state index in [1.54, 1.807) is 0 Å². The second-order valence-electron chi connectivity index (χ2n) is 7.35. The van der Waals surface area contributed by atoms with Crippen molar-refractivity contribution in [3.63, 3.8) is 0 Å². The Balaban J connectivity index is 1.51. The molecular formula is C18H32N2O2. The first kappa shape index (κ1) is 16.3. The predicted molar refractivity (Wildman–Crippen MR) is 87.7 cm³/mol. The number of likely N-dealkylation sites (tertiary alicyclic amines) is 1. The second-order valence-corrected chi connectivity index (χ2v) is 7.35. The molecule has 0 aromatic heterocycles. The monoisotopic (exact) mass is 308 g/mol. The van der Waals surface area contributed by atoms with Crippen molar-refractivity contribution in [1.29, 1.82) is 0 Å². The first-order valence-electron chi connectivity index (χ1n) is 9.35. The van der Waals surface area contributed by atoms with Crippen molar-refractivity contribution >= 4 is 5.91 Å². The molecule has 3 aliphatic rings. The summed E-state index contributed by atoms with van der Waals surface area (Å²) in [5.74, 6) is 0.311. The number of nitrogens with zero attached hydrogens (tertiary/aromatic N) is 1. The maximum atomic E-state index is 11.8. The van der Waals surface area contributed by atoms with Crippen molar-refractivity contribution < 1.29 is 9.53 Å². The van der Waals surface area contributed by atoms with E-state index in [-0.39, 0.29) is 0 Å². The van der Waals surface area contributed by atoms with E-state index in [0.717, 1.165) is 32.5 Å². The molecule has 1 spiro atoms. The van der Waals surface area contributed by atoms with Gasteiger partial charge >= 0.3 is 0 Å². The third kappa shape index (κ3) is 2.92. The molecule has 126 valence electrons. The average molecular weight is 308 g/mol. The Bertz CT molecular complexity index is 385. The van der Waals surface area contributed by atoms with Crippen molar-refractivity contribution in [3.8, 4) is 0 Å². The van der Waals surface area contributed by atoms with Gasteiger partial charge in [-0.15, -0.1) is 0 Å². The van der Waals surface area contributed by atoms with E-state index in [4.69, 9.17) is 4.74 Å². The summed E-state index contributed by atoms with van der Waals surface area (Å²) in [4.78, 5) is 13.8. The van der Waals surface area contributed by atoms with Crippen LogP contribution in [0.4, 0.5) is 0 Å². The molecule has 4 nitrogen and oxygen atoms in total. The van der Waals surface area contributed by atoms with Gasteiger partial charge in [0.15, 0.2) is 0 Å². The number of carbonyl (C=O) groups is 1.